The Balaban J connectivity index is -0.000000414. The fourth-order valence-electron chi connectivity index (χ4n) is 1.61. The van der Waals surface area contributed by atoms with Gasteiger partial charge in [0, 0.05) is 10.8 Å². The summed E-state index contributed by atoms with van der Waals surface area (Å²) < 4.78 is 19.3. The molecular weight excluding hydrogens is 507 g/mol. The molecule has 0 unspecified atom stereocenters. The van der Waals surface area contributed by atoms with Gasteiger partial charge in [0.1, 0.15) is 24.4 Å². The summed E-state index contributed by atoms with van der Waals surface area (Å²) in [6, 6.07) is 0. The van der Waals surface area contributed by atoms with Crippen LogP contribution in [0.1, 0.15) is 93.9 Å². The second-order valence-electron chi connectivity index (χ2n) is 8.61. The molecule has 0 heterocycles. The summed E-state index contributed by atoms with van der Waals surface area (Å²) in [6.07, 6.45) is 3.47. The fourth-order valence-corrected chi connectivity index (χ4v) is 3.23. The molecule has 0 amide bonds. The standard InChI is InChI=1S/2C9H16O3.2C3H7O.Zr/c2*1-5-9(2,3)7(10)6-8(11)12-4;2*1-2-3-4;/h2*5-6H2,1-4H3;2*2-3H2,1H3;/q;;2*-1;+2. The van der Waals surface area contributed by atoms with E-state index >= 15 is 0 Å². The summed E-state index contributed by atoms with van der Waals surface area (Å²) in [7, 11) is 2.57. The third-order valence-electron chi connectivity index (χ3n) is 5.07. The second kappa shape index (κ2) is 21.6. The number of ketones is 2. The molecule has 0 aromatic heterocycles. The maximum atomic E-state index is 11.4. The van der Waals surface area contributed by atoms with Gasteiger partial charge < -0.3 is 9.47 Å². The van der Waals surface area contributed by atoms with Crippen molar-refractivity contribution in [1.82, 2.24) is 0 Å². The third kappa shape index (κ3) is 21.4. The number of carbonyl (C=O) groups excluding carboxylic acids is 4. The van der Waals surface area contributed by atoms with Gasteiger partial charge >= 0.3 is 81.6 Å². The van der Waals surface area contributed by atoms with Gasteiger partial charge in [0.25, 0.3) is 0 Å². The summed E-state index contributed by atoms with van der Waals surface area (Å²) in [5.74, 6) is -1.03. The molecule has 0 aliphatic heterocycles. The third-order valence-corrected chi connectivity index (χ3v) is 6.66. The summed E-state index contributed by atoms with van der Waals surface area (Å²) in [5, 5.41) is 0. The van der Waals surface area contributed by atoms with E-state index in [0.717, 1.165) is 38.9 Å². The van der Waals surface area contributed by atoms with E-state index in [4.69, 9.17) is 5.63 Å². The Bertz CT molecular complexity index is 511. The molecule has 9 heteroatoms. The number of Topliss-reactive ketones (excluding diaryl/α,β-unsaturated/α-hetero) is 2. The topological polar surface area (TPSA) is 105 Å². The van der Waals surface area contributed by atoms with Gasteiger partial charge in [-0.3, -0.25) is 19.2 Å². The van der Waals surface area contributed by atoms with Gasteiger partial charge in [-0.1, -0.05) is 41.5 Å². The monoisotopic (exact) mass is 552 g/mol. The van der Waals surface area contributed by atoms with E-state index in [9.17, 15) is 19.2 Å². The predicted molar refractivity (Wildman–Crippen MR) is 124 cm³/mol. The number of ether oxygens (including phenoxy) is 2. The number of carbonyl (C=O) groups is 4. The molecular formula is C24H46O8Zr. The van der Waals surface area contributed by atoms with Crippen LogP contribution >= 0.6 is 0 Å². The van der Waals surface area contributed by atoms with Crippen LogP contribution in [0.2, 0.25) is 0 Å². The first-order chi connectivity index (χ1) is 15.3. The van der Waals surface area contributed by atoms with Crippen molar-refractivity contribution in [2.75, 3.05) is 27.4 Å². The van der Waals surface area contributed by atoms with Crippen molar-refractivity contribution >= 4 is 23.5 Å². The van der Waals surface area contributed by atoms with E-state index in [1.165, 1.54) is 14.2 Å². The number of esters is 2. The fraction of sp³-hybridized carbons (Fsp3) is 0.833. The molecule has 33 heavy (non-hydrogen) atoms. The van der Waals surface area contributed by atoms with Crippen molar-refractivity contribution in [3.8, 4) is 0 Å². The zero-order valence-electron chi connectivity index (χ0n) is 22.4. The summed E-state index contributed by atoms with van der Waals surface area (Å²) in [5.41, 5.74) is -0.817. The second-order valence-corrected chi connectivity index (χ2v) is 10.4. The molecule has 0 N–H and O–H groups in total. The van der Waals surface area contributed by atoms with Crippen LogP contribution in [0.4, 0.5) is 0 Å². The molecule has 0 rings (SSSR count). The zero-order chi connectivity index (χ0) is 26.5. The molecule has 0 aliphatic rings. The van der Waals surface area contributed by atoms with Gasteiger partial charge in [-0.05, 0) is 12.8 Å². The molecule has 0 fully saturated rings. The molecule has 0 spiro atoms. The maximum absolute atomic E-state index is 11.4. The quantitative estimate of drug-likeness (QED) is 0.171. The molecule has 0 aromatic carbocycles. The van der Waals surface area contributed by atoms with Crippen molar-refractivity contribution in [2.24, 2.45) is 10.8 Å². The summed E-state index contributed by atoms with van der Waals surface area (Å²) in [4.78, 5) is 44.2. The van der Waals surface area contributed by atoms with E-state index in [2.05, 4.69) is 23.3 Å². The Kier molecular flexibility index (Phi) is 24.0. The van der Waals surface area contributed by atoms with E-state index in [1.807, 2.05) is 41.5 Å². The number of hydrogen-bond donors (Lipinski definition) is 0. The van der Waals surface area contributed by atoms with E-state index in [1.54, 1.807) is 0 Å². The van der Waals surface area contributed by atoms with E-state index in [-0.39, 0.29) is 24.4 Å². The van der Waals surface area contributed by atoms with Crippen LogP contribution in [0.15, 0.2) is 0 Å². The van der Waals surface area contributed by atoms with Crippen molar-refractivity contribution in [1.29, 1.82) is 0 Å². The first-order valence-corrected chi connectivity index (χ1v) is 13.5. The minimum absolute atomic E-state index is 0.0585. The molecule has 0 saturated carbocycles. The number of methoxy groups -OCH3 is 2. The van der Waals surface area contributed by atoms with Gasteiger partial charge in [-0.2, -0.15) is 0 Å². The van der Waals surface area contributed by atoms with Crippen molar-refractivity contribution in [2.45, 2.75) is 93.9 Å². The van der Waals surface area contributed by atoms with Crippen LogP contribution < -0.4 is 0 Å². The van der Waals surface area contributed by atoms with Crippen LogP contribution in [0.3, 0.4) is 0 Å². The molecule has 8 nitrogen and oxygen atoms in total. The molecule has 0 aliphatic carbocycles. The summed E-state index contributed by atoms with van der Waals surface area (Å²) in [6.45, 7) is 17.2. The van der Waals surface area contributed by atoms with Gasteiger partial charge in [0.15, 0.2) is 0 Å². The SMILES string of the molecule is CCC(C)(C)C(=O)CC(=O)OC.CCC(C)(C)C(=O)CC(=O)OC.CCC[O][Zr][O]CCC. The van der Waals surface area contributed by atoms with Crippen LogP contribution in [0.25, 0.3) is 0 Å². The average molecular weight is 554 g/mol. The Morgan fingerprint density at radius 2 is 0.939 bits per heavy atom. The molecule has 0 saturated heterocycles. The van der Waals surface area contributed by atoms with Gasteiger partial charge in [0.05, 0.1) is 14.2 Å². The van der Waals surface area contributed by atoms with Gasteiger partial charge in [0.2, 0.25) is 0 Å². The van der Waals surface area contributed by atoms with Crippen LogP contribution in [-0.2, 0) is 58.4 Å². The Morgan fingerprint density at radius 1 is 0.636 bits per heavy atom. The van der Waals surface area contributed by atoms with E-state index in [0.29, 0.717) is 0 Å². The van der Waals surface area contributed by atoms with Crippen LogP contribution in [0.5, 0.6) is 0 Å². The molecule has 0 atom stereocenters. The molecule has 0 aromatic rings. The normalized spacial score (nSPS) is 10.6. The zero-order valence-corrected chi connectivity index (χ0v) is 24.9. The molecule has 0 bridgehead atoms. The first-order valence-electron chi connectivity index (χ1n) is 11.5. The van der Waals surface area contributed by atoms with Crippen molar-refractivity contribution in [3.05, 3.63) is 0 Å². The van der Waals surface area contributed by atoms with Gasteiger partial charge in [-0.15, -0.1) is 0 Å². The van der Waals surface area contributed by atoms with Crippen molar-refractivity contribution in [3.63, 3.8) is 0 Å². The Hall–Kier alpha value is -0.917. The van der Waals surface area contributed by atoms with Crippen LogP contribution in [-0.4, -0.2) is 50.9 Å². The Morgan fingerprint density at radius 3 is 1.15 bits per heavy atom. The molecule has 0 radical (unpaired) electrons. The van der Waals surface area contributed by atoms with Crippen molar-refractivity contribution < 1.29 is 58.4 Å². The van der Waals surface area contributed by atoms with E-state index < -0.39 is 46.9 Å². The average Bonchev–Trinajstić information content (AvgIpc) is 2.79. The number of rotatable bonds is 14. The predicted octanol–water partition coefficient (Wildman–Crippen LogP) is 4.86. The molecule has 194 valence electrons. The summed E-state index contributed by atoms with van der Waals surface area (Å²) >= 11 is -0.851. The minimum atomic E-state index is -0.851. The first kappa shape index (κ1) is 36.6. The Labute approximate surface area is 213 Å². The van der Waals surface area contributed by atoms with Gasteiger partial charge in [-0.25, -0.2) is 0 Å². The number of hydrogen-bond acceptors (Lipinski definition) is 8. The van der Waals surface area contributed by atoms with Crippen LogP contribution in [0, 0.1) is 10.8 Å².